The van der Waals surface area contributed by atoms with Crippen molar-refractivity contribution >= 4 is 34.9 Å². The van der Waals surface area contributed by atoms with Crippen LogP contribution in [-0.2, 0) is 20.8 Å². The van der Waals surface area contributed by atoms with Gasteiger partial charge >= 0.3 is 37.9 Å². The SMILES string of the molecule is C=CCN[Si](C)C.C=CCN[Si](C)C.[Cl][Zr][Cl]. The molecule has 0 saturated heterocycles. The van der Waals surface area contributed by atoms with Gasteiger partial charge in [-0.2, -0.15) is 0 Å². The van der Waals surface area contributed by atoms with E-state index >= 15 is 0 Å². The second kappa shape index (κ2) is 22.5. The van der Waals surface area contributed by atoms with E-state index in [-0.39, 0.29) is 17.9 Å². The van der Waals surface area contributed by atoms with E-state index in [1.807, 2.05) is 12.2 Å². The fourth-order valence-corrected chi connectivity index (χ4v) is 1.66. The average Bonchev–Trinajstić information content (AvgIpc) is 2.25. The Morgan fingerprint density at radius 3 is 1.24 bits per heavy atom. The number of nitrogens with one attached hydrogen (secondary N) is 2. The molecule has 2 radical (unpaired) electrons. The van der Waals surface area contributed by atoms with Crippen molar-refractivity contribution in [1.82, 2.24) is 9.96 Å². The van der Waals surface area contributed by atoms with Crippen molar-refractivity contribution < 1.29 is 20.8 Å². The van der Waals surface area contributed by atoms with Crippen LogP contribution in [0.5, 0.6) is 0 Å². The third-order valence-corrected chi connectivity index (χ3v) is 3.02. The van der Waals surface area contributed by atoms with Crippen LogP contribution in [-0.4, -0.2) is 31.0 Å². The molecule has 0 atom stereocenters. The third kappa shape index (κ3) is 46.8. The molecule has 0 rings (SSSR count). The Kier molecular flexibility index (Phi) is 30.9. The summed E-state index contributed by atoms with van der Waals surface area (Å²) in [7, 11) is 9.43. The van der Waals surface area contributed by atoms with Gasteiger partial charge in [0.25, 0.3) is 0 Å². The minimum absolute atomic E-state index is 0.219. The average molecular weight is 391 g/mol. The fourth-order valence-electron chi connectivity index (χ4n) is 0.553. The molecule has 0 aromatic heterocycles. The monoisotopic (exact) mass is 388 g/mol. The molecule has 0 aromatic carbocycles. The predicted octanol–water partition coefficient (Wildman–Crippen LogP) is 3.40. The van der Waals surface area contributed by atoms with Crippen LogP contribution in [0.15, 0.2) is 25.3 Å². The molecule has 0 aliphatic heterocycles. The summed E-state index contributed by atoms with van der Waals surface area (Å²) in [5, 5.41) is 0. The van der Waals surface area contributed by atoms with Crippen LogP contribution in [0.1, 0.15) is 0 Å². The first-order valence-corrected chi connectivity index (χ1v) is 16.5. The van der Waals surface area contributed by atoms with Gasteiger partial charge in [0, 0.05) is 13.1 Å². The molecule has 0 aliphatic rings. The molecule has 2 N–H and O–H groups in total. The fraction of sp³-hybridized carbons (Fsp3) is 0.600. The summed E-state index contributed by atoms with van der Waals surface area (Å²) in [6.07, 6.45) is 3.77. The Hall–Kier alpha value is 1.30. The van der Waals surface area contributed by atoms with Crippen LogP contribution in [0.4, 0.5) is 0 Å². The van der Waals surface area contributed by atoms with Crippen molar-refractivity contribution in [2.75, 3.05) is 13.1 Å². The number of halogens is 2. The number of hydrogen-bond donors (Lipinski definition) is 2. The normalized spacial score (nSPS) is 8.71. The van der Waals surface area contributed by atoms with Crippen molar-refractivity contribution in [3.05, 3.63) is 25.3 Å². The molecule has 2 nitrogen and oxygen atoms in total. The van der Waals surface area contributed by atoms with E-state index in [1.165, 1.54) is 0 Å². The van der Waals surface area contributed by atoms with E-state index in [9.17, 15) is 0 Å². The third-order valence-electron chi connectivity index (χ3n) is 1.20. The van der Waals surface area contributed by atoms with Gasteiger partial charge in [0.05, 0.1) is 0 Å². The van der Waals surface area contributed by atoms with Crippen molar-refractivity contribution in [2.24, 2.45) is 0 Å². The van der Waals surface area contributed by atoms with E-state index in [2.05, 4.69) is 49.3 Å². The first kappa shape index (κ1) is 23.4. The molecule has 0 saturated carbocycles. The van der Waals surface area contributed by atoms with Gasteiger partial charge in [-0.1, -0.05) is 38.3 Å². The summed E-state index contributed by atoms with van der Waals surface area (Å²) in [6.45, 7) is 18.0. The topological polar surface area (TPSA) is 24.1 Å². The Bertz CT molecular complexity index is 145. The molecular weight excluding hydrogens is 366 g/mol. The molecule has 0 fully saturated rings. The van der Waals surface area contributed by atoms with Crippen molar-refractivity contribution in [1.29, 1.82) is 0 Å². The zero-order valence-corrected chi connectivity index (χ0v) is 17.2. The van der Waals surface area contributed by atoms with Gasteiger partial charge in [-0.05, 0) is 0 Å². The molecule has 0 aliphatic carbocycles. The molecule has 0 amide bonds. The Morgan fingerprint density at radius 1 is 0.941 bits per heavy atom. The second-order valence-electron chi connectivity index (χ2n) is 3.41. The van der Waals surface area contributed by atoms with E-state index < -0.39 is 20.8 Å². The second-order valence-corrected chi connectivity index (χ2v) is 11.8. The predicted molar refractivity (Wildman–Crippen MR) is 83.1 cm³/mol. The van der Waals surface area contributed by atoms with Crippen molar-refractivity contribution in [3.8, 4) is 0 Å². The summed E-state index contributed by atoms with van der Waals surface area (Å²) in [5.41, 5.74) is 0. The van der Waals surface area contributed by atoms with Gasteiger partial charge in [-0.3, -0.25) is 0 Å². The summed E-state index contributed by atoms with van der Waals surface area (Å²) in [6, 6.07) is 0. The zero-order chi connectivity index (χ0) is 14.1. The van der Waals surface area contributed by atoms with E-state index in [0.717, 1.165) is 13.1 Å². The van der Waals surface area contributed by atoms with Crippen molar-refractivity contribution in [2.45, 2.75) is 26.2 Å². The molecular formula is C10H24Cl2N2Si2Zr. The molecule has 0 unspecified atom stereocenters. The minimum atomic E-state index is -0.826. The van der Waals surface area contributed by atoms with E-state index in [1.54, 1.807) is 0 Å². The summed E-state index contributed by atoms with van der Waals surface area (Å²) >= 11 is -0.826. The van der Waals surface area contributed by atoms with Crippen LogP contribution < -0.4 is 9.96 Å². The van der Waals surface area contributed by atoms with Crippen molar-refractivity contribution in [3.63, 3.8) is 0 Å². The van der Waals surface area contributed by atoms with Gasteiger partial charge in [0.15, 0.2) is 0 Å². The molecule has 0 spiro atoms. The maximum atomic E-state index is 4.93. The summed E-state index contributed by atoms with van der Waals surface area (Å²) in [4.78, 5) is 6.56. The molecule has 17 heavy (non-hydrogen) atoms. The number of hydrogen-bond acceptors (Lipinski definition) is 2. The Labute approximate surface area is 129 Å². The number of rotatable bonds is 6. The van der Waals surface area contributed by atoms with E-state index in [4.69, 9.17) is 17.0 Å². The molecule has 7 heteroatoms. The molecule has 0 bridgehead atoms. The van der Waals surface area contributed by atoms with Gasteiger partial charge in [0.2, 0.25) is 0 Å². The first-order chi connectivity index (χ1) is 7.95. The van der Waals surface area contributed by atoms with Crippen LogP contribution in [0, 0.1) is 0 Å². The summed E-state index contributed by atoms with van der Waals surface area (Å²) < 4.78 is 0. The van der Waals surface area contributed by atoms with Gasteiger partial charge in [-0.25, -0.2) is 0 Å². The van der Waals surface area contributed by atoms with Gasteiger partial charge in [-0.15, -0.1) is 13.2 Å². The van der Waals surface area contributed by atoms with Gasteiger partial charge in [0.1, 0.15) is 17.9 Å². The van der Waals surface area contributed by atoms with Crippen LogP contribution >= 0.6 is 17.0 Å². The standard InChI is InChI=1S/2C5H12NSi.2ClH.Zr/c2*1-4-5-6-7(2)3;;;/h2*4,6H,1,5H2,2-3H3;2*1H;/q;;;;+2/p-2. The maximum absolute atomic E-state index is 4.93. The Balaban J connectivity index is -0.000000188. The van der Waals surface area contributed by atoms with E-state index in [0.29, 0.717) is 0 Å². The quantitative estimate of drug-likeness (QED) is 0.536. The first-order valence-electron chi connectivity index (χ1n) is 5.22. The summed E-state index contributed by atoms with van der Waals surface area (Å²) in [5.74, 6) is 0. The van der Waals surface area contributed by atoms with Gasteiger partial charge < -0.3 is 9.96 Å². The molecule has 0 heterocycles. The van der Waals surface area contributed by atoms with Crippen LogP contribution in [0.25, 0.3) is 0 Å². The zero-order valence-electron chi connectivity index (χ0n) is 11.2. The Morgan fingerprint density at radius 2 is 1.18 bits per heavy atom. The molecule has 100 valence electrons. The van der Waals surface area contributed by atoms with Crippen LogP contribution in [0.2, 0.25) is 26.2 Å². The van der Waals surface area contributed by atoms with Crippen LogP contribution in [0.3, 0.4) is 0 Å². The molecule has 0 aromatic rings.